The summed E-state index contributed by atoms with van der Waals surface area (Å²) in [6.07, 6.45) is 1.63. The number of nitrogens with one attached hydrogen (secondary N) is 1. The molecule has 3 rings (SSSR count). The summed E-state index contributed by atoms with van der Waals surface area (Å²) >= 11 is 0. The number of methoxy groups -OCH3 is 1. The number of nitrogens with zero attached hydrogens (tertiary/aromatic N) is 4. The Morgan fingerprint density at radius 3 is 2.62 bits per heavy atom. The zero-order valence-electron chi connectivity index (χ0n) is 16.8. The van der Waals surface area contributed by atoms with Crippen molar-refractivity contribution in [2.45, 2.75) is 13.8 Å². The van der Waals surface area contributed by atoms with Crippen molar-refractivity contribution in [2.24, 2.45) is 5.10 Å². The molecule has 0 saturated carbocycles. The van der Waals surface area contributed by atoms with Gasteiger partial charge in [0.1, 0.15) is 0 Å². The van der Waals surface area contributed by atoms with E-state index in [0.717, 1.165) is 17.0 Å². The second kappa shape index (κ2) is 9.83. The highest BCUT2D eigenvalue weighted by atomic mass is 16.5. The molecule has 1 aromatic carbocycles. The van der Waals surface area contributed by atoms with E-state index in [1.807, 2.05) is 26.0 Å². The molecule has 2 heterocycles. The lowest BCUT2D eigenvalue weighted by Crippen LogP contribution is -2.43. The molecule has 1 fully saturated rings. The smallest absolute Gasteiger partial charge is 0.260 e. The first-order valence-electron chi connectivity index (χ1n) is 9.33. The molecule has 1 aromatic heterocycles. The number of hydrazone groups is 1. The first-order chi connectivity index (χ1) is 14.0. The van der Waals surface area contributed by atoms with Gasteiger partial charge in [-0.15, -0.1) is 0 Å². The maximum Gasteiger partial charge on any atom is 0.260 e. The summed E-state index contributed by atoms with van der Waals surface area (Å²) in [5.41, 5.74) is 5.35. The Kier molecular flexibility index (Phi) is 6.96. The molecule has 1 aliphatic heterocycles. The van der Waals surface area contributed by atoms with E-state index in [1.54, 1.807) is 30.4 Å². The predicted molar refractivity (Wildman–Crippen MR) is 109 cm³/mol. The van der Waals surface area contributed by atoms with Gasteiger partial charge in [0, 0.05) is 24.5 Å². The molecule has 0 atom stereocenters. The highest BCUT2D eigenvalue weighted by molar-refractivity contribution is 5.81. The molecular formula is C20H25N5O4. The van der Waals surface area contributed by atoms with Gasteiger partial charge in [0.2, 0.25) is 5.95 Å². The number of amides is 1. The van der Waals surface area contributed by atoms with Crippen molar-refractivity contribution in [3.63, 3.8) is 0 Å². The Labute approximate surface area is 169 Å². The first kappa shape index (κ1) is 20.5. The maximum absolute atomic E-state index is 12.2. The number of benzene rings is 1. The number of anilines is 1. The van der Waals surface area contributed by atoms with Gasteiger partial charge in [-0.05, 0) is 43.7 Å². The van der Waals surface area contributed by atoms with Crippen molar-refractivity contribution in [3.8, 4) is 11.5 Å². The van der Waals surface area contributed by atoms with Crippen LogP contribution in [0.4, 0.5) is 5.95 Å². The lowest BCUT2D eigenvalue weighted by Gasteiger charge is -2.26. The molecule has 1 saturated heterocycles. The summed E-state index contributed by atoms with van der Waals surface area (Å²) < 4.78 is 16.3. The van der Waals surface area contributed by atoms with Gasteiger partial charge in [-0.2, -0.15) is 5.10 Å². The van der Waals surface area contributed by atoms with Gasteiger partial charge >= 0.3 is 0 Å². The van der Waals surface area contributed by atoms with E-state index in [4.69, 9.17) is 14.2 Å². The molecule has 0 spiro atoms. The van der Waals surface area contributed by atoms with Crippen molar-refractivity contribution in [1.82, 2.24) is 14.9 Å². The van der Waals surface area contributed by atoms with Crippen molar-refractivity contribution < 1.29 is 19.0 Å². The fraction of sp³-hybridized carbons (Fsp3) is 0.400. The number of rotatable bonds is 7. The number of aromatic nitrogens is 2. The van der Waals surface area contributed by atoms with E-state index in [-0.39, 0.29) is 12.5 Å². The van der Waals surface area contributed by atoms with Gasteiger partial charge < -0.3 is 19.1 Å². The van der Waals surface area contributed by atoms with Gasteiger partial charge in [-0.1, -0.05) is 0 Å². The molecule has 1 aliphatic rings. The van der Waals surface area contributed by atoms with Crippen molar-refractivity contribution >= 4 is 18.1 Å². The Balaban J connectivity index is 1.59. The fourth-order valence-corrected chi connectivity index (χ4v) is 2.87. The lowest BCUT2D eigenvalue weighted by molar-refractivity contribution is -0.137. The molecule has 0 unspecified atom stereocenters. The monoisotopic (exact) mass is 399 g/mol. The van der Waals surface area contributed by atoms with E-state index >= 15 is 0 Å². The van der Waals surface area contributed by atoms with E-state index in [1.165, 1.54) is 0 Å². The van der Waals surface area contributed by atoms with Crippen LogP contribution in [-0.4, -0.2) is 67.0 Å². The van der Waals surface area contributed by atoms with Crippen molar-refractivity contribution in [3.05, 3.63) is 41.2 Å². The largest absolute Gasteiger partial charge is 0.493 e. The van der Waals surface area contributed by atoms with Crippen molar-refractivity contribution in [2.75, 3.05) is 45.4 Å². The van der Waals surface area contributed by atoms with Crippen LogP contribution in [0.3, 0.4) is 0 Å². The van der Waals surface area contributed by atoms with Gasteiger partial charge in [-0.25, -0.2) is 15.4 Å². The Morgan fingerprint density at radius 1 is 1.21 bits per heavy atom. The van der Waals surface area contributed by atoms with Gasteiger partial charge in [0.15, 0.2) is 18.1 Å². The summed E-state index contributed by atoms with van der Waals surface area (Å²) in [5.74, 6) is 1.38. The van der Waals surface area contributed by atoms with Crippen LogP contribution in [0, 0.1) is 13.8 Å². The van der Waals surface area contributed by atoms with Gasteiger partial charge in [-0.3, -0.25) is 4.79 Å². The fourth-order valence-electron chi connectivity index (χ4n) is 2.87. The molecule has 9 heteroatoms. The van der Waals surface area contributed by atoms with Crippen LogP contribution < -0.4 is 14.9 Å². The lowest BCUT2D eigenvalue weighted by atomic mass is 10.2. The third kappa shape index (κ3) is 5.89. The normalized spacial score (nSPS) is 14.1. The topological polar surface area (TPSA) is 98.2 Å². The maximum atomic E-state index is 12.2. The molecule has 1 amide bonds. The third-order valence-corrected chi connectivity index (χ3v) is 4.26. The van der Waals surface area contributed by atoms with Gasteiger partial charge in [0.05, 0.1) is 26.5 Å². The molecule has 9 nitrogen and oxygen atoms in total. The molecule has 154 valence electrons. The van der Waals surface area contributed by atoms with E-state index < -0.39 is 0 Å². The summed E-state index contributed by atoms with van der Waals surface area (Å²) in [6.45, 7) is 6.05. The van der Waals surface area contributed by atoms with Crippen LogP contribution in [0.2, 0.25) is 0 Å². The molecule has 29 heavy (non-hydrogen) atoms. The quantitative estimate of drug-likeness (QED) is 0.560. The number of ether oxygens (including phenoxy) is 3. The zero-order chi connectivity index (χ0) is 20.6. The third-order valence-electron chi connectivity index (χ3n) is 4.26. The summed E-state index contributed by atoms with van der Waals surface area (Å²) in [6, 6.07) is 7.25. The molecule has 2 aromatic rings. The molecule has 0 radical (unpaired) electrons. The minimum Gasteiger partial charge on any atom is -0.493 e. The minimum absolute atomic E-state index is 0.0462. The predicted octanol–water partition coefficient (Wildman–Crippen LogP) is 1.79. The number of hydrogen-bond acceptors (Lipinski definition) is 8. The van der Waals surface area contributed by atoms with E-state index in [9.17, 15) is 4.79 Å². The summed E-state index contributed by atoms with van der Waals surface area (Å²) in [7, 11) is 1.55. The van der Waals surface area contributed by atoms with Crippen LogP contribution in [0.1, 0.15) is 17.0 Å². The van der Waals surface area contributed by atoms with E-state index in [2.05, 4.69) is 20.5 Å². The SMILES string of the molecule is COc1cc(/C=N/Nc2nc(C)cc(C)n2)ccc1OCC(=O)N1CCOCC1. The average Bonchev–Trinajstić information content (AvgIpc) is 2.72. The molecular weight excluding hydrogens is 374 g/mol. The highest BCUT2D eigenvalue weighted by Crippen LogP contribution is 2.27. The summed E-state index contributed by atoms with van der Waals surface area (Å²) in [5, 5.41) is 4.17. The van der Waals surface area contributed by atoms with E-state index in [0.29, 0.717) is 43.8 Å². The van der Waals surface area contributed by atoms with Crippen LogP contribution in [0.25, 0.3) is 0 Å². The second-order valence-electron chi connectivity index (χ2n) is 6.54. The number of morpholine rings is 1. The molecule has 1 N–H and O–H groups in total. The van der Waals surface area contributed by atoms with Crippen LogP contribution in [0.15, 0.2) is 29.4 Å². The summed E-state index contributed by atoms with van der Waals surface area (Å²) in [4.78, 5) is 22.5. The second-order valence-corrected chi connectivity index (χ2v) is 6.54. The number of hydrogen-bond donors (Lipinski definition) is 1. The zero-order valence-corrected chi connectivity index (χ0v) is 16.8. The van der Waals surface area contributed by atoms with Crippen LogP contribution >= 0.6 is 0 Å². The minimum atomic E-state index is -0.0707. The Bertz CT molecular complexity index is 861. The van der Waals surface area contributed by atoms with Gasteiger partial charge in [0.25, 0.3) is 5.91 Å². The van der Waals surface area contributed by atoms with Crippen molar-refractivity contribution in [1.29, 1.82) is 0 Å². The number of carbonyl (C=O) groups excluding carboxylic acids is 1. The first-order valence-corrected chi connectivity index (χ1v) is 9.33. The van der Waals surface area contributed by atoms with Crippen LogP contribution in [-0.2, 0) is 9.53 Å². The molecule has 0 bridgehead atoms. The number of carbonyl (C=O) groups is 1. The molecule has 0 aliphatic carbocycles. The van der Waals surface area contributed by atoms with Crippen LogP contribution in [0.5, 0.6) is 11.5 Å². The Morgan fingerprint density at radius 2 is 1.93 bits per heavy atom. The average molecular weight is 399 g/mol. The highest BCUT2D eigenvalue weighted by Gasteiger charge is 2.18. The standard InChI is InChI=1S/C20H25N5O4/c1-14-10-15(2)23-20(22-14)24-21-12-16-4-5-17(18(11-16)27-3)29-13-19(26)25-6-8-28-9-7-25/h4-5,10-12H,6-9,13H2,1-3H3,(H,22,23,24)/b21-12+. The Hall–Kier alpha value is -3.20. The number of aryl methyl sites for hydroxylation is 2.